The maximum atomic E-state index is 12.4. The lowest BCUT2D eigenvalue weighted by atomic mass is 10.2. The molecule has 0 atom stereocenters. The number of aromatic amines is 1. The summed E-state index contributed by atoms with van der Waals surface area (Å²) >= 11 is 1.39. The molecule has 0 aliphatic carbocycles. The predicted octanol–water partition coefficient (Wildman–Crippen LogP) is 1.72. The van der Waals surface area contributed by atoms with Gasteiger partial charge >= 0.3 is 11.1 Å². The van der Waals surface area contributed by atoms with Gasteiger partial charge in [0.15, 0.2) is 0 Å². The summed E-state index contributed by atoms with van der Waals surface area (Å²) in [5.74, 6) is -0.926. The Morgan fingerprint density at radius 2 is 1.82 bits per heavy atom. The van der Waals surface area contributed by atoms with Crippen LogP contribution < -0.4 is 22.0 Å². The van der Waals surface area contributed by atoms with Crippen LogP contribution in [-0.2, 0) is 13.0 Å². The molecule has 0 bridgehead atoms. The molecule has 28 heavy (non-hydrogen) atoms. The molecule has 0 radical (unpaired) electrons. The van der Waals surface area contributed by atoms with Crippen LogP contribution in [0.25, 0.3) is 11.0 Å². The number of aromatic nitrogens is 2. The molecular formula is C19H20N4O4S. The van der Waals surface area contributed by atoms with Crippen molar-refractivity contribution in [1.29, 1.82) is 0 Å². The van der Waals surface area contributed by atoms with E-state index in [1.165, 1.54) is 28.0 Å². The van der Waals surface area contributed by atoms with E-state index in [9.17, 15) is 19.2 Å². The second-order valence-electron chi connectivity index (χ2n) is 6.21. The third-order valence-corrected chi connectivity index (χ3v) is 5.79. The number of aryl methyl sites for hydroxylation is 3. The molecule has 3 aromatic rings. The fourth-order valence-electron chi connectivity index (χ4n) is 2.96. The molecule has 2 heterocycles. The molecule has 0 unspecified atom stereocenters. The number of benzene rings is 1. The molecule has 0 spiro atoms. The topological polar surface area (TPSA) is 113 Å². The van der Waals surface area contributed by atoms with Crippen LogP contribution in [0, 0.1) is 6.92 Å². The Hall–Kier alpha value is -3.20. The Morgan fingerprint density at radius 3 is 2.46 bits per heavy atom. The van der Waals surface area contributed by atoms with Crippen molar-refractivity contribution in [1.82, 2.24) is 20.4 Å². The van der Waals surface area contributed by atoms with Gasteiger partial charge in [0.05, 0.1) is 15.9 Å². The molecule has 3 rings (SSSR count). The monoisotopic (exact) mass is 400 g/mol. The zero-order valence-electron chi connectivity index (χ0n) is 15.7. The van der Waals surface area contributed by atoms with E-state index >= 15 is 0 Å². The van der Waals surface area contributed by atoms with E-state index < -0.39 is 22.9 Å². The number of hydrogen-bond acceptors (Lipinski definition) is 5. The number of fused-ring (bicyclic) bond motifs is 1. The number of carbonyl (C=O) groups is 2. The number of nitrogens with zero attached hydrogens (tertiary/aromatic N) is 1. The largest absolute Gasteiger partial charge is 0.316 e. The lowest BCUT2D eigenvalue weighted by Crippen LogP contribution is -2.41. The molecule has 0 aliphatic rings. The van der Waals surface area contributed by atoms with E-state index in [0.29, 0.717) is 22.5 Å². The first-order chi connectivity index (χ1) is 13.3. The first-order valence-electron chi connectivity index (χ1n) is 8.82. The van der Waals surface area contributed by atoms with Gasteiger partial charge in [0.2, 0.25) is 0 Å². The molecule has 0 saturated heterocycles. The fourth-order valence-corrected chi connectivity index (χ4v) is 3.97. The number of H-pyrrole nitrogens is 1. The van der Waals surface area contributed by atoms with Crippen LogP contribution in [0.2, 0.25) is 0 Å². The van der Waals surface area contributed by atoms with Gasteiger partial charge < -0.3 is 9.55 Å². The summed E-state index contributed by atoms with van der Waals surface area (Å²) in [6.07, 6.45) is 0.842. The van der Waals surface area contributed by atoms with Crippen LogP contribution in [0.3, 0.4) is 0 Å². The summed E-state index contributed by atoms with van der Waals surface area (Å²) in [5, 5.41) is 0. The van der Waals surface area contributed by atoms with Crippen molar-refractivity contribution in [3.63, 3.8) is 0 Å². The van der Waals surface area contributed by atoms with Crippen molar-refractivity contribution in [3.8, 4) is 0 Å². The quantitative estimate of drug-likeness (QED) is 0.457. The Morgan fingerprint density at radius 1 is 1.11 bits per heavy atom. The van der Waals surface area contributed by atoms with Crippen molar-refractivity contribution in [2.45, 2.75) is 33.7 Å². The van der Waals surface area contributed by atoms with E-state index in [1.54, 1.807) is 19.1 Å². The molecule has 0 fully saturated rings. The molecular weight excluding hydrogens is 380 g/mol. The van der Waals surface area contributed by atoms with E-state index in [1.807, 2.05) is 13.8 Å². The number of thiophene rings is 1. The highest BCUT2D eigenvalue weighted by Gasteiger charge is 2.14. The van der Waals surface area contributed by atoms with Gasteiger partial charge in [0.25, 0.3) is 11.8 Å². The third kappa shape index (κ3) is 3.61. The van der Waals surface area contributed by atoms with Gasteiger partial charge in [0, 0.05) is 17.0 Å². The maximum absolute atomic E-state index is 12.4. The van der Waals surface area contributed by atoms with Crippen LogP contribution in [0.4, 0.5) is 0 Å². The summed E-state index contributed by atoms with van der Waals surface area (Å²) < 4.78 is 1.34. The molecule has 2 aromatic heterocycles. The first kappa shape index (κ1) is 19.6. The van der Waals surface area contributed by atoms with Crippen molar-refractivity contribution in [2.75, 3.05) is 0 Å². The first-order valence-corrected chi connectivity index (χ1v) is 9.64. The minimum absolute atomic E-state index is 0.237. The van der Waals surface area contributed by atoms with Crippen LogP contribution in [0.15, 0.2) is 33.9 Å². The van der Waals surface area contributed by atoms with Crippen LogP contribution in [0.5, 0.6) is 0 Å². The highest BCUT2D eigenvalue weighted by Crippen LogP contribution is 2.22. The molecule has 0 saturated carbocycles. The molecule has 2 amide bonds. The standard InChI is InChI=1S/C19H20N4O4S/c1-4-14-10(3)8-15(28-14)17(25)22-21-16(24)11-6-7-13-12(9-11)20-18(26)19(27)23(13)5-2/h6-9H,4-5H2,1-3H3,(H,20,26)(H,21,24)(H,22,25). The van der Waals surface area contributed by atoms with Crippen molar-refractivity contribution < 1.29 is 9.59 Å². The second-order valence-corrected chi connectivity index (χ2v) is 7.35. The van der Waals surface area contributed by atoms with Crippen LogP contribution >= 0.6 is 11.3 Å². The smallest absolute Gasteiger partial charge is 0.316 e. The number of amides is 2. The second kappa shape index (κ2) is 7.81. The van der Waals surface area contributed by atoms with E-state index in [0.717, 1.165) is 16.9 Å². The molecule has 8 nitrogen and oxygen atoms in total. The number of carbonyl (C=O) groups excluding carboxylic acids is 2. The zero-order chi connectivity index (χ0) is 20.4. The maximum Gasteiger partial charge on any atom is 0.316 e. The average molecular weight is 400 g/mol. The zero-order valence-corrected chi connectivity index (χ0v) is 16.5. The lowest BCUT2D eigenvalue weighted by Gasteiger charge is -2.09. The molecule has 146 valence electrons. The Labute approximate surface area is 164 Å². The molecule has 9 heteroatoms. The number of rotatable bonds is 4. The highest BCUT2D eigenvalue weighted by atomic mass is 32.1. The minimum atomic E-state index is -0.750. The summed E-state index contributed by atoms with van der Waals surface area (Å²) in [5.41, 5.74) is 5.55. The molecule has 3 N–H and O–H groups in total. The van der Waals surface area contributed by atoms with E-state index in [2.05, 4.69) is 15.8 Å². The summed E-state index contributed by atoms with van der Waals surface area (Å²) in [4.78, 5) is 52.4. The van der Waals surface area contributed by atoms with Crippen LogP contribution in [-0.4, -0.2) is 21.4 Å². The summed E-state index contributed by atoms with van der Waals surface area (Å²) in [6.45, 7) is 6.05. The van der Waals surface area contributed by atoms with E-state index in [4.69, 9.17) is 0 Å². The predicted molar refractivity (Wildman–Crippen MR) is 108 cm³/mol. The number of hydrogen-bond donors (Lipinski definition) is 3. The average Bonchev–Trinajstić information content (AvgIpc) is 3.07. The minimum Gasteiger partial charge on any atom is -0.316 e. The molecule has 1 aromatic carbocycles. The number of nitrogens with one attached hydrogen (secondary N) is 3. The normalized spacial score (nSPS) is 10.8. The summed E-state index contributed by atoms with van der Waals surface area (Å²) in [7, 11) is 0. The van der Waals surface area contributed by atoms with Crippen LogP contribution in [0.1, 0.15) is 44.3 Å². The van der Waals surface area contributed by atoms with E-state index in [-0.39, 0.29) is 5.56 Å². The Bertz CT molecular complexity index is 1190. The fraction of sp³-hybridized carbons (Fsp3) is 0.263. The Kier molecular flexibility index (Phi) is 5.46. The van der Waals surface area contributed by atoms with Gasteiger partial charge in [-0.3, -0.25) is 30.0 Å². The van der Waals surface area contributed by atoms with Gasteiger partial charge in [-0.25, -0.2) is 0 Å². The van der Waals surface area contributed by atoms with Gasteiger partial charge in [-0.05, 0) is 50.1 Å². The highest BCUT2D eigenvalue weighted by molar-refractivity contribution is 7.14. The van der Waals surface area contributed by atoms with Gasteiger partial charge in [-0.1, -0.05) is 6.92 Å². The molecule has 0 aliphatic heterocycles. The lowest BCUT2D eigenvalue weighted by molar-refractivity contribution is 0.0849. The van der Waals surface area contributed by atoms with Gasteiger partial charge in [0.1, 0.15) is 0 Å². The van der Waals surface area contributed by atoms with Crippen molar-refractivity contribution in [2.24, 2.45) is 0 Å². The SMILES string of the molecule is CCc1sc(C(=O)NNC(=O)c2ccc3c(c2)[nH]c(=O)c(=O)n3CC)cc1C. The van der Waals surface area contributed by atoms with Crippen molar-refractivity contribution >= 4 is 34.2 Å². The Balaban J connectivity index is 1.79. The third-order valence-electron chi connectivity index (χ3n) is 4.41. The van der Waals surface area contributed by atoms with Crippen molar-refractivity contribution in [3.05, 3.63) is 65.9 Å². The summed E-state index contributed by atoms with van der Waals surface area (Å²) in [6, 6.07) is 6.37. The number of hydrazine groups is 1. The van der Waals surface area contributed by atoms with Gasteiger partial charge in [-0.15, -0.1) is 11.3 Å². The van der Waals surface area contributed by atoms with Gasteiger partial charge in [-0.2, -0.15) is 0 Å².